The predicted octanol–water partition coefficient (Wildman–Crippen LogP) is 2.07. The second-order valence-corrected chi connectivity index (χ2v) is 5.71. The summed E-state index contributed by atoms with van der Waals surface area (Å²) < 4.78 is 38.8. The fourth-order valence-corrected chi connectivity index (χ4v) is 2.70. The van der Waals surface area contributed by atoms with Gasteiger partial charge in [-0.3, -0.25) is 9.59 Å². The van der Waals surface area contributed by atoms with Crippen molar-refractivity contribution in [2.45, 2.75) is 25.1 Å². The first-order valence-electron chi connectivity index (χ1n) is 7.71. The summed E-state index contributed by atoms with van der Waals surface area (Å²) >= 11 is 0. The van der Waals surface area contributed by atoms with Crippen LogP contribution in [0, 0.1) is 0 Å². The Bertz CT molecular complexity index is 605. The van der Waals surface area contributed by atoms with E-state index < -0.39 is 23.2 Å². The fourth-order valence-electron chi connectivity index (χ4n) is 2.70. The highest BCUT2D eigenvalue weighted by Crippen LogP contribution is 2.31. The van der Waals surface area contributed by atoms with E-state index in [0.717, 1.165) is 38.1 Å². The van der Waals surface area contributed by atoms with Crippen LogP contribution in [0.15, 0.2) is 24.3 Å². The van der Waals surface area contributed by atoms with Crippen molar-refractivity contribution >= 4 is 24.2 Å². The summed E-state index contributed by atoms with van der Waals surface area (Å²) in [7, 11) is 1.65. The summed E-state index contributed by atoms with van der Waals surface area (Å²) in [5.74, 6) is -1.23. The van der Waals surface area contributed by atoms with E-state index in [0.29, 0.717) is 0 Å². The van der Waals surface area contributed by atoms with Gasteiger partial charge in [0.25, 0.3) is 5.91 Å². The third kappa shape index (κ3) is 5.61. The number of hydrogen-bond donors (Lipinski definition) is 2. The van der Waals surface area contributed by atoms with E-state index in [1.807, 2.05) is 0 Å². The number of rotatable bonds is 4. The smallest absolute Gasteiger partial charge is 0.343 e. The number of halogens is 4. The highest BCUT2D eigenvalue weighted by atomic mass is 35.5. The number of piperidine rings is 1. The summed E-state index contributed by atoms with van der Waals surface area (Å²) in [6.45, 7) is 1.30. The number of likely N-dealkylation sites (N-methyl/N-ethyl adjacent to an activating group) is 1. The van der Waals surface area contributed by atoms with Crippen LogP contribution in [0.2, 0.25) is 0 Å². The highest BCUT2D eigenvalue weighted by Gasteiger charge is 2.35. The number of alkyl halides is 3. The molecule has 2 amide bonds. The van der Waals surface area contributed by atoms with Gasteiger partial charge in [0.05, 0.1) is 17.7 Å². The zero-order chi connectivity index (χ0) is 17.7. The summed E-state index contributed by atoms with van der Waals surface area (Å²) in [4.78, 5) is 25.7. The second kappa shape index (κ2) is 9.05. The standard InChI is InChI=1S/C16H20F3N3O2.ClH/c1-22(11-6-8-20-9-7-11)14(23)10-21-15(24)12-4-2-3-5-13(12)16(17,18)19;/h2-5,11,20H,6-10H2,1H3,(H,21,24);1H. The van der Waals surface area contributed by atoms with E-state index in [4.69, 9.17) is 0 Å². The fraction of sp³-hybridized carbons (Fsp3) is 0.500. The number of carbonyl (C=O) groups excluding carboxylic acids is 2. The van der Waals surface area contributed by atoms with Gasteiger partial charge in [-0.15, -0.1) is 12.4 Å². The van der Waals surface area contributed by atoms with Crippen LogP contribution in [0.4, 0.5) is 13.2 Å². The lowest BCUT2D eigenvalue weighted by Crippen LogP contribution is -2.47. The molecular formula is C16H21ClF3N3O2. The normalized spacial score (nSPS) is 15.2. The molecular weight excluding hydrogens is 359 g/mol. The van der Waals surface area contributed by atoms with Gasteiger partial charge >= 0.3 is 6.18 Å². The van der Waals surface area contributed by atoms with Gasteiger partial charge in [-0.25, -0.2) is 0 Å². The Morgan fingerprint density at radius 3 is 2.44 bits per heavy atom. The Morgan fingerprint density at radius 2 is 1.84 bits per heavy atom. The Balaban J connectivity index is 0.00000312. The van der Waals surface area contributed by atoms with Gasteiger partial charge in [0.1, 0.15) is 0 Å². The molecule has 0 unspecified atom stereocenters. The summed E-state index contributed by atoms with van der Waals surface area (Å²) in [5, 5.41) is 5.47. The first-order valence-corrected chi connectivity index (χ1v) is 7.71. The molecule has 0 spiro atoms. The molecule has 2 N–H and O–H groups in total. The van der Waals surface area contributed by atoms with Crippen LogP contribution < -0.4 is 10.6 Å². The number of hydrogen-bond acceptors (Lipinski definition) is 3. The Hall–Kier alpha value is -1.80. The van der Waals surface area contributed by atoms with E-state index in [1.165, 1.54) is 12.1 Å². The van der Waals surface area contributed by atoms with Gasteiger partial charge in [0.2, 0.25) is 5.91 Å². The molecule has 5 nitrogen and oxygen atoms in total. The molecule has 1 aromatic rings. The quantitative estimate of drug-likeness (QED) is 0.842. The van der Waals surface area contributed by atoms with E-state index in [1.54, 1.807) is 11.9 Å². The van der Waals surface area contributed by atoms with Crippen LogP contribution in [0.25, 0.3) is 0 Å². The molecule has 0 aromatic heterocycles. The summed E-state index contributed by atoms with van der Waals surface area (Å²) in [6.07, 6.45) is -3.00. The molecule has 25 heavy (non-hydrogen) atoms. The lowest BCUT2D eigenvalue weighted by atomic mass is 10.1. The van der Waals surface area contributed by atoms with Crippen molar-refractivity contribution < 1.29 is 22.8 Å². The van der Waals surface area contributed by atoms with Gasteiger partial charge in [-0.2, -0.15) is 13.2 Å². The van der Waals surface area contributed by atoms with Crippen LogP contribution in [-0.4, -0.2) is 49.4 Å². The number of nitrogens with one attached hydrogen (secondary N) is 2. The lowest BCUT2D eigenvalue weighted by Gasteiger charge is -2.31. The largest absolute Gasteiger partial charge is 0.417 e. The Labute approximate surface area is 150 Å². The van der Waals surface area contributed by atoms with E-state index in [2.05, 4.69) is 10.6 Å². The van der Waals surface area contributed by atoms with E-state index >= 15 is 0 Å². The molecule has 0 atom stereocenters. The molecule has 140 valence electrons. The van der Waals surface area contributed by atoms with Crippen LogP contribution in [0.5, 0.6) is 0 Å². The van der Waals surface area contributed by atoms with Gasteiger partial charge in [-0.1, -0.05) is 12.1 Å². The molecule has 0 bridgehead atoms. The molecule has 1 aliphatic rings. The summed E-state index contributed by atoms with van der Waals surface area (Å²) in [6, 6.07) is 4.60. The minimum Gasteiger partial charge on any atom is -0.343 e. The molecule has 0 aliphatic carbocycles. The average molecular weight is 380 g/mol. The number of benzene rings is 1. The number of amides is 2. The monoisotopic (exact) mass is 379 g/mol. The van der Waals surface area contributed by atoms with E-state index in [9.17, 15) is 22.8 Å². The molecule has 0 radical (unpaired) electrons. The van der Waals surface area contributed by atoms with Gasteiger partial charge in [0.15, 0.2) is 0 Å². The first kappa shape index (κ1) is 21.2. The molecule has 1 saturated heterocycles. The van der Waals surface area contributed by atoms with Gasteiger partial charge < -0.3 is 15.5 Å². The maximum atomic E-state index is 12.9. The minimum absolute atomic E-state index is 0. The third-order valence-electron chi connectivity index (χ3n) is 4.13. The second-order valence-electron chi connectivity index (χ2n) is 5.71. The van der Waals surface area contributed by atoms with Crippen LogP contribution in [0.3, 0.4) is 0 Å². The maximum Gasteiger partial charge on any atom is 0.417 e. The molecule has 1 fully saturated rings. The third-order valence-corrected chi connectivity index (χ3v) is 4.13. The average Bonchev–Trinajstić information content (AvgIpc) is 2.58. The molecule has 2 rings (SSSR count). The topological polar surface area (TPSA) is 61.4 Å². The van der Waals surface area contributed by atoms with Crippen molar-refractivity contribution in [1.82, 2.24) is 15.5 Å². The molecule has 1 aromatic carbocycles. The van der Waals surface area contributed by atoms with Crippen molar-refractivity contribution in [2.24, 2.45) is 0 Å². The minimum atomic E-state index is -4.62. The highest BCUT2D eigenvalue weighted by molar-refractivity contribution is 5.97. The van der Waals surface area contributed by atoms with Crippen LogP contribution >= 0.6 is 12.4 Å². The maximum absolute atomic E-state index is 12.9. The zero-order valence-electron chi connectivity index (χ0n) is 13.7. The lowest BCUT2D eigenvalue weighted by molar-refractivity contribution is -0.137. The SMILES string of the molecule is CN(C(=O)CNC(=O)c1ccccc1C(F)(F)F)C1CCNCC1.Cl. The van der Waals surface area contributed by atoms with Crippen molar-refractivity contribution in [3.63, 3.8) is 0 Å². The van der Waals surface area contributed by atoms with Crippen molar-refractivity contribution in [3.8, 4) is 0 Å². The first-order chi connectivity index (χ1) is 11.3. The van der Waals surface area contributed by atoms with Crippen LogP contribution in [0.1, 0.15) is 28.8 Å². The van der Waals surface area contributed by atoms with Gasteiger partial charge in [0, 0.05) is 13.1 Å². The van der Waals surface area contributed by atoms with Crippen molar-refractivity contribution in [1.29, 1.82) is 0 Å². The van der Waals surface area contributed by atoms with Crippen molar-refractivity contribution in [2.75, 3.05) is 26.7 Å². The Morgan fingerprint density at radius 1 is 1.24 bits per heavy atom. The molecule has 0 saturated carbocycles. The Kier molecular flexibility index (Phi) is 7.69. The van der Waals surface area contributed by atoms with E-state index in [-0.39, 0.29) is 30.9 Å². The zero-order valence-corrected chi connectivity index (χ0v) is 14.5. The number of carbonyl (C=O) groups is 2. The van der Waals surface area contributed by atoms with Crippen molar-refractivity contribution in [3.05, 3.63) is 35.4 Å². The number of nitrogens with zero attached hydrogens (tertiary/aromatic N) is 1. The van der Waals surface area contributed by atoms with Crippen LogP contribution in [-0.2, 0) is 11.0 Å². The molecule has 1 aliphatic heterocycles. The molecule has 1 heterocycles. The predicted molar refractivity (Wildman–Crippen MR) is 89.7 cm³/mol. The summed E-state index contributed by atoms with van der Waals surface area (Å²) in [5.41, 5.74) is -1.50. The van der Waals surface area contributed by atoms with Gasteiger partial charge in [-0.05, 0) is 38.1 Å². The molecule has 9 heteroatoms.